The SMILES string of the molecule is CN=Cc1ccncc1F. The molecule has 2 nitrogen and oxygen atoms in total. The summed E-state index contributed by atoms with van der Waals surface area (Å²) in [4.78, 5) is 7.26. The molecule has 52 valence electrons. The van der Waals surface area contributed by atoms with Crippen LogP contribution in [0.25, 0.3) is 0 Å². The maximum absolute atomic E-state index is 12.6. The highest BCUT2D eigenvalue weighted by Gasteiger charge is 1.94. The largest absolute Gasteiger partial charge is 0.296 e. The Balaban J connectivity index is 3.03. The van der Waals surface area contributed by atoms with Crippen molar-refractivity contribution < 1.29 is 4.39 Å². The average Bonchev–Trinajstić information content (AvgIpc) is 1.94. The molecule has 1 heterocycles. The summed E-state index contributed by atoms with van der Waals surface area (Å²) < 4.78 is 12.6. The maximum atomic E-state index is 12.6. The number of halogens is 1. The first-order valence-electron chi connectivity index (χ1n) is 2.86. The van der Waals surface area contributed by atoms with Crippen molar-refractivity contribution in [3.05, 3.63) is 29.8 Å². The van der Waals surface area contributed by atoms with E-state index in [2.05, 4.69) is 9.98 Å². The van der Waals surface area contributed by atoms with Gasteiger partial charge in [-0.05, 0) is 6.07 Å². The average molecular weight is 138 g/mol. The second-order valence-corrected chi connectivity index (χ2v) is 1.78. The van der Waals surface area contributed by atoms with Gasteiger partial charge in [-0.3, -0.25) is 9.98 Å². The molecular formula is C7H7FN2. The van der Waals surface area contributed by atoms with Crippen LogP contribution in [0.5, 0.6) is 0 Å². The third-order valence-corrected chi connectivity index (χ3v) is 1.07. The van der Waals surface area contributed by atoms with Crippen molar-refractivity contribution in [1.82, 2.24) is 4.98 Å². The van der Waals surface area contributed by atoms with Crippen LogP contribution >= 0.6 is 0 Å². The zero-order valence-corrected chi connectivity index (χ0v) is 5.58. The summed E-state index contributed by atoms with van der Waals surface area (Å²) in [6.45, 7) is 0. The predicted octanol–water partition coefficient (Wildman–Crippen LogP) is 1.27. The Morgan fingerprint density at radius 3 is 3.10 bits per heavy atom. The number of aromatic nitrogens is 1. The van der Waals surface area contributed by atoms with Crippen molar-refractivity contribution in [2.75, 3.05) is 7.05 Å². The van der Waals surface area contributed by atoms with Crippen LogP contribution in [-0.4, -0.2) is 18.2 Å². The second-order valence-electron chi connectivity index (χ2n) is 1.78. The van der Waals surface area contributed by atoms with Crippen LogP contribution in [0, 0.1) is 5.82 Å². The molecule has 0 saturated carbocycles. The monoisotopic (exact) mass is 138 g/mol. The van der Waals surface area contributed by atoms with Crippen molar-refractivity contribution >= 4 is 6.21 Å². The molecule has 1 aromatic rings. The normalized spacial score (nSPS) is 10.6. The minimum atomic E-state index is -0.340. The zero-order chi connectivity index (χ0) is 7.40. The van der Waals surface area contributed by atoms with Crippen molar-refractivity contribution in [2.45, 2.75) is 0 Å². The summed E-state index contributed by atoms with van der Waals surface area (Å²) in [6, 6.07) is 1.57. The predicted molar refractivity (Wildman–Crippen MR) is 37.7 cm³/mol. The van der Waals surface area contributed by atoms with E-state index in [4.69, 9.17) is 0 Å². The van der Waals surface area contributed by atoms with Gasteiger partial charge < -0.3 is 0 Å². The van der Waals surface area contributed by atoms with Gasteiger partial charge in [0.05, 0.1) is 6.20 Å². The van der Waals surface area contributed by atoms with Crippen molar-refractivity contribution in [3.8, 4) is 0 Å². The van der Waals surface area contributed by atoms with Gasteiger partial charge in [-0.2, -0.15) is 0 Å². The summed E-state index contributed by atoms with van der Waals surface area (Å²) >= 11 is 0. The molecule has 0 fully saturated rings. The van der Waals surface area contributed by atoms with E-state index in [1.165, 1.54) is 12.4 Å². The molecule has 0 unspecified atom stereocenters. The molecule has 0 aliphatic rings. The van der Waals surface area contributed by atoms with Crippen LogP contribution in [0.2, 0.25) is 0 Å². The van der Waals surface area contributed by atoms with E-state index in [-0.39, 0.29) is 5.82 Å². The number of rotatable bonds is 1. The van der Waals surface area contributed by atoms with Crippen molar-refractivity contribution in [3.63, 3.8) is 0 Å². The molecule has 3 heteroatoms. The van der Waals surface area contributed by atoms with Gasteiger partial charge in [0.15, 0.2) is 0 Å². The molecule has 0 radical (unpaired) electrons. The minimum Gasteiger partial charge on any atom is -0.296 e. The Morgan fingerprint density at radius 1 is 1.70 bits per heavy atom. The number of nitrogens with zero attached hydrogens (tertiary/aromatic N) is 2. The number of pyridine rings is 1. The first-order chi connectivity index (χ1) is 4.84. The molecule has 10 heavy (non-hydrogen) atoms. The summed E-state index contributed by atoms with van der Waals surface area (Å²) in [5, 5.41) is 0. The molecule has 0 amide bonds. The van der Waals surface area contributed by atoms with E-state index in [0.29, 0.717) is 5.56 Å². The number of hydrogen-bond acceptors (Lipinski definition) is 2. The number of hydrogen-bond donors (Lipinski definition) is 0. The van der Waals surface area contributed by atoms with E-state index in [9.17, 15) is 4.39 Å². The third kappa shape index (κ3) is 1.37. The Bertz CT molecular complexity index is 245. The number of aliphatic imine (C=N–C) groups is 1. The quantitative estimate of drug-likeness (QED) is 0.536. The molecule has 0 atom stereocenters. The lowest BCUT2D eigenvalue weighted by atomic mass is 10.3. The van der Waals surface area contributed by atoms with Gasteiger partial charge in [-0.15, -0.1) is 0 Å². The van der Waals surface area contributed by atoms with Crippen LogP contribution in [-0.2, 0) is 0 Å². The van der Waals surface area contributed by atoms with Crippen LogP contribution in [0.1, 0.15) is 5.56 Å². The van der Waals surface area contributed by atoms with Crippen molar-refractivity contribution in [1.29, 1.82) is 0 Å². The summed E-state index contributed by atoms with van der Waals surface area (Å²) in [5.41, 5.74) is 0.470. The Morgan fingerprint density at radius 2 is 2.50 bits per heavy atom. The molecule has 0 saturated heterocycles. The lowest BCUT2D eigenvalue weighted by Crippen LogP contribution is -1.87. The summed E-state index contributed by atoms with van der Waals surface area (Å²) in [7, 11) is 1.60. The van der Waals surface area contributed by atoms with Gasteiger partial charge in [0.2, 0.25) is 0 Å². The fourth-order valence-electron chi connectivity index (χ4n) is 0.630. The molecule has 1 rings (SSSR count). The molecule has 0 aliphatic carbocycles. The highest BCUT2D eigenvalue weighted by Crippen LogP contribution is 1.99. The first-order valence-corrected chi connectivity index (χ1v) is 2.86. The molecule has 0 aliphatic heterocycles. The lowest BCUT2D eigenvalue weighted by Gasteiger charge is -1.90. The van der Waals surface area contributed by atoms with Crippen LogP contribution in [0.3, 0.4) is 0 Å². The molecular weight excluding hydrogens is 131 g/mol. The van der Waals surface area contributed by atoms with Crippen molar-refractivity contribution in [2.24, 2.45) is 4.99 Å². The van der Waals surface area contributed by atoms with Crippen LogP contribution in [0.15, 0.2) is 23.5 Å². The Kier molecular flexibility index (Phi) is 2.10. The van der Waals surface area contributed by atoms with Gasteiger partial charge in [0, 0.05) is 25.0 Å². The Labute approximate surface area is 58.4 Å². The highest BCUT2D eigenvalue weighted by atomic mass is 19.1. The summed E-state index contributed by atoms with van der Waals surface area (Å²) in [6.07, 6.45) is 4.15. The standard InChI is InChI=1S/C7H7FN2/c1-9-4-6-2-3-10-5-7(6)8/h2-5H,1H3. The molecule has 0 aromatic carbocycles. The van der Waals surface area contributed by atoms with E-state index in [0.717, 1.165) is 6.20 Å². The lowest BCUT2D eigenvalue weighted by molar-refractivity contribution is 0.619. The van der Waals surface area contributed by atoms with Gasteiger partial charge in [-0.25, -0.2) is 4.39 Å². The van der Waals surface area contributed by atoms with Gasteiger partial charge >= 0.3 is 0 Å². The van der Waals surface area contributed by atoms with Crippen LogP contribution < -0.4 is 0 Å². The Hall–Kier alpha value is -1.25. The van der Waals surface area contributed by atoms with Gasteiger partial charge in [0.1, 0.15) is 5.82 Å². The van der Waals surface area contributed by atoms with Gasteiger partial charge in [0.25, 0.3) is 0 Å². The first kappa shape index (κ1) is 6.86. The third-order valence-electron chi connectivity index (χ3n) is 1.07. The van der Waals surface area contributed by atoms with Crippen LogP contribution in [0.4, 0.5) is 4.39 Å². The van der Waals surface area contributed by atoms with E-state index < -0.39 is 0 Å². The molecule has 0 bridgehead atoms. The minimum absolute atomic E-state index is 0.340. The molecule has 0 N–H and O–H groups in total. The summed E-state index contributed by atoms with van der Waals surface area (Å²) in [5.74, 6) is -0.340. The topological polar surface area (TPSA) is 25.2 Å². The fourth-order valence-corrected chi connectivity index (χ4v) is 0.630. The van der Waals surface area contributed by atoms with E-state index in [1.54, 1.807) is 13.1 Å². The molecule has 1 aromatic heterocycles. The second kappa shape index (κ2) is 3.06. The molecule has 0 spiro atoms. The highest BCUT2D eigenvalue weighted by molar-refractivity contribution is 5.79. The zero-order valence-electron chi connectivity index (χ0n) is 5.58. The van der Waals surface area contributed by atoms with E-state index in [1.807, 2.05) is 0 Å². The smallest absolute Gasteiger partial charge is 0.150 e. The fraction of sp³-hybridized carbons (Fsp3) is 0.143. The van der Waals surface area contributed by atoms with E-state index >= 15 is 0 Å². The maximum Gasteiger partial charge on any atom is 0.150 e. The van der Waals surface area contributed by atoms with Gasteiger partial charge in [-0.1, -0.05) is 0 Å².